The molecule has 2 aromatic carbocycles. The van der Waals surface area contributed by atoms with Gasteiger partial charge in [0.1, 0.15) is 5.54 Å². The summed E-state index contributed by atoms with van der Waals surface area (Å²) in [6, 6.07) is 8.09. The number of hydrogen-bond donors (Lipinski definition) is 1. The summed E-state index contributed by atoms with van der Waals surface area (Å²) < 4.78 is 0. The molecule has 0 saturated carbocycles. The number of carbonyl (C=O) groups is 3. The third-order valence-electron chi connectivity index (χ3n) is 7.52. The van der Waals surface area contributed by atoms with Crippen LogP contribution in [0.3, 0.4) is 0 Å². The standard InChI is InChI=1S/C23H18Cl3N3O3/c1-10-13(24)7-5-12-19(10)27-22(32)23(12)18-17(16-3-2-8-28(16)23)20(30)29(21(18)31)11-4-6-14(25)15(26)9-11/h4-7,9,16-18H,2-3,8H2,1H3,(H,27,32)/t16-,17-,18-,23-/m0/s1. The molecule has 4 heterocycles. The fourth-order valence-corrected chi connectivity index (χ4v) is 6.72. The second-order valence-corrected chi connectivity index (χ2v) is 10.1. The predicted octanol–water partition coefficient (Wildman–Crippen LogP) is 4.39. The molecule has 4 aliphatic rings. The summed E-state index contributed by atoms with van der Waals surface area (Å²) in [5, 5.41) is 4.12. The average molecular weight is 491 g/mol. The topological polar surface area (TPSA) is 69.7 Å². The number of anilines is 2. The molecule has 9 heteroatoms. The molecule has 0 bridgehead atoms. The molecule has 4 atom stereocenters. The number of carbonyl (C=O) groups excluding carboxylic acids is 3. The minimum atomic E-state index is -1.23. The number of benzene rings is 2. The highest BCUT2D eigenvalue weighted by atomic mass is 35.5. The highest BCUT2D eigenvalue weighted by Gasteiger charge is 2.74. The molecule has 6 nitrogen and oxygen atoms in total. The van der Waals surface area contributed by atoms with Crippen molar-refractivity contribution in [2.75, 3.05) is 16.8 Å². The largest absolute Gasteiger partial charge is 0.324 e. The van der Waals surface area contributed by atoms with Crippen LogP contribution >= 0.6 is 34.8 Å². The van der Waals surface area contributed by atoms with E-state index in [0.29, 0.717) is 28.0 Å². The predicted molar refractivity (Wildman–Crippen MR) is 122 cm³/mol. The Hall–Kier alpha value is -2.12. The Balaban J connectivity index is 1.56. The first-order chi connectivity index (χ1) is 15.3. The van der Waals surface area contributed by atoms with Crippen LogP contribution in [0.5, 0.6) is 0 Å². The van der Waals surface area contributed by atoms with Gasteiger partial charge in [-0.05, 0) is 56.1 Å². The van der Waals surface area contributed by atoms with Crippen molar-refractivity contribution in [1.82, 2.24) is 4.90 Å². The summed E-state index contributed by atoms with van der Waals surface area (Å²) in [7, 11) is 0. The van der Waals surface area contributed by atoms with E-state index < -0.39 is 17.4 Å². The van der Waals surface area contributed by atoms with Crippen LogP contribution in [-0.2, 0) is 19.9 Å². The first-order valence-electron chi connectivity index (χ1n) is 10.5. The van der Waals surface area contributed by atoms with Gasteiger partial charge in [0.05, 0.1) is 33.3 Å². The monoisotopic (exact) mass is 489 g/mol. The molecule has 6 rings (SSSR count). The molecule has 2 aromatic rings. The molecule has 0 aliphatic carbocycles. The van der Waals surface area contributed by atoms with E-state index in [1.807, 2.05) is 13.0 Å². The molecule has 0 aromatic heterocycles. The van der Waals surface area contributed by atoms with Gasteiger partial charge in [0.25, 0.3) is 0 Å². The molecule has 0 radical (unpaired) electrons. The van der Waals surface area contributed by atoms with Crippen LogP contribution in [0.15, 0.2) is 30.3 Å². The zero-order valence-corrected chi connectivity index (χ0v) is 19.3. The normalized spacial score (nSPS) is 30.8. The lowest BCUT2D eigenvalue weighted by atomic mass is 9.75. The van der Waals surface area contributed by atoms with Crippen LogP contribution in [0.25, 0.3) is 0 Å². The lowest BCUT2D eigenvalue weighted by Crippen LogP contribution is -2.54. The van der Waals surface area contributed by atoms with Crippen LogP contribution < -0.4 is 10.2 Å². The number of fused-ring (bicyclic) bond motifs is 7. The summed E-state index contributed by atoms with van der Waals surface area (Å²) in [6.45, 7) is 2.50. The Bertz CT molecular complexity index is 1250. The zero-order valence-electron chi connectivity index (χ0n) is 17.0. The van der Waals surface area contributed by atoms with Crippen molar-refractivity contribution in [3.63, 3.8) is 0 Å². The summed E-state index contributed by atoms with van der Waals surface area (Å²) in [5.41, 5.74) is 1.26. The number of amides is 3. The van der Waals surface area contributed by atoms with Gasteiger partial charge in [-0.2, -0.15) is 0 Å². The molecular weight excluding hydrogens is 473 g/mol. The number of rotatable bonds is 1. The highest BCUT2D eigenvalue weighted by molar-refractivity contribution is 6.42. The maximum absolute atomic E-state index is 13.9. The Morgan fingerprint density at radius 3 is 2.50 bits per heavy atom. The smallest absolute Gasteiger partial charge is 0.250 e. The van der Waals surface area contributed by atoms with Crippen molar-refractivity contribution in [3.05, 3.63) is 56.5 Å². The maximum atomic E-state index is 13.9. The van der Waals surface area contributed by atoms with Crippen molar-refractivity contribution >= 4 is 63.9 Å². The van der Waals surface area contributed by atoms with Crippen LogP contribution in [-0.4, -0.2) is 35.2 Å². The Kier molecular flexibility index (Phi) is 4.29. The van der Waals surface area contributed by atoms with E-state index >= 15 is 0 Å². The fourth-order valence-electron chi connectivity index (χ4n) is 6.27. The number of imide groups is 1. The van der Waals surface area contributed by atoms with E-state index in [1.54, 1.807) is 18.2 Å². The summed E-state index contributed by atoms with van der Waals surface area (Å²) in [6.07, 6.45) is 1.62. The Labute approximate surface area is 199 Å². The highest BCUT2D eigenvalue weighted by Crippen LogP contribution is 2.61. The lowest BCUT2D eigenvalue weighted by molar-refractivity contribution is -0.135. The molecular formula is C23H18Cl3N3O3. The summed E-state index contributed by atoms with van der Waals surface area (Å²) in [5.74, 6) is -2.37. The van der Waals surface area contributed by atoms with E-state index in [2.05, 4.69) is 10.2 Å². The quantitative estimate of drug-likeness (QED) is 0.602. The van der Waals surface area contributed by atoms with Crippen molar-refractivity contribution in [2.45, 2.75) is 31.3 Å². The first-order valence-corrected chi connectivity index (χ1v) is 11.6. The summed E-state index contributed by atoms with van der Waals surface area (Å²) >= 11 is 18.5. The minimum absolute atomic E-state index is 0.183. The van der Waals surface area contributed by atoms with Crippen LogP contribution in [0.2, 0.25) is 15.1 Å². The van der Waals surface area contributed by atoms with E-state index in [9.17, 15) is 14.4 Å². The molecule has 164 valence electrons. The van der Waals surface area contributed by atoms with Crippen molar-refractivity contribution in [1.29, 1.82) is 0 Å². The van der Waals surface area contributed by atoms with Crippen molar-refractivity contribution < 1.29 is 14.4 Å². The van der Waals surface area contributed by atoms with E-state index in [-0.39, 0.29) is 28.8 Å². The lowest BCUT2D eigenvalue weighted by Gasteiger charge is -2.36. The van der Waals surface area contributed by atoms with Gasteiger partial charge < -0.3 is 5.32 Å². The first kappa shape index (κ1) is 20.5. The van der Waals surface area contributed by atoms with Gasteiger partial charge in [-0.25, -0.2) is 4.90 Å². The fraction of sp³-hybridized carbons (Fsp3) is 0.348. The third-order valence-corrected chi connectivity index (χ3v) is 8.67. The number of nitrogens with zero attached hydrogens (tertiary/aromatic N) is 2. The molecule has 32 heavy (non-hydrogen) atoms. The number of hydrogen-bond acceptors (Lipinski definition) is 4. The summed E-state index contributed by atoms with van der Waals surface area (Å²) in [4.78, 5) is 44.5. The third kappa shape index (κ3) is 2.29. The van der Waals surface area contributed by atoms with Gasteiger partial charge in [0, 0.05) is 16.6 Å². The SMILES string of the molecule is Cc1c(Cl)ccc2c1NC(=O)[C@@]21[C@@H]2C(=O)N(c3ccc(Cl)c(Cl)c3)C(=O)[C@H]2[C@@H]2CCCN21. The number of halogens is 3. The maximum Gasteiger partial charge on any atom is 0.250 e. The van der Waals surface area contributed by atoms with Crippen LogP contribution in [0.4, 0.5) is 11.4 Å². The van der Waals surface area contributed by atoms with Crippen LogP contribution in [0, 0.1) is 18.8 Å². The average Bonchev–Trinajstić information content (AvgIpc) is 3.46. The zero-order chi connectivity index (χ0) is 22.5. The minimum Gasteiger partial charge on any atom is -0.324 e. The molecule has 1 spiro atoms. The van der Waals surface area contributed by atoms with Gasteiger partial charge in [-0.15, -0.1) is 0 Å². The van der Waals surface area contributed by atoms with Crippen molar-refractivity contribution in [3.8, 4) is 0 Å². The van der Waals surface area contributed by atoms with Crippen LogP contribution in [0.1, 0.15) is 24.0 Å². The Morgan fingerprint density at radius 2 is 1.75 bits per heavy atom. The van der Waals surface area contributed by atoms with E-state index in [4.69, 9.17) is 34.8 Å². The van der Waals surface area contributed by atoms with E-state index in [0.717, 1.165) is 24.0 Å². The molecule has 3 fully saturated rings. The van der Waals surface area contributed by atoms with Gasteiger partial charge >= 0.3 is 0 Å². The van der Waals surface area contributed by atoms with Gasteiger partial charge in [-0.3, -0.25) is 19.3 Å². The molecule has 4 aliphatic heterocycles. The van der Waals surface area contributed by atoms with E-state index in [1.165, 1.54) is 11.0 Å². The van der Waals surface area contributed by atoms with Gasteiger partial charge in [-0.1, -0.05) is 40.9 Å². The molecule has 3 saturated heterocycles. The molecule has 3 amide bonds. The molecule has 1 N–H and O–H groups in total. The molecule has 0 unspecified atom stereocenters. The van der Waals surface area contributed by atoms with Crippen molar-refractivity contribution in [2.24, 2.45) is 11.8 Å². The van der Waals surface area contributed by atoms with Gasteiger partial charge in [0.15, 0.2) is 0 Å². The second-order valence-electron chi connectivity index (χ2n) is 8.83. The van der Waals surface area contributed by atoms with Gasteiger partial charge in [0.2, 0.25) is 17.7 Å². The number of nitrogens with one attached hydrogen (secondary N) is 1. The second kappa shape index (κ2) is 6.70. The Morgan fingerprint density at radius 1 is 1.00 bits per heavy atom.